The second-order valence-electron chi connectivity index (χ2n) is 14.3. The van der Waals surface area contributed by atoms with Gasteiger partial charge in [0, 0.05) is 23.1 Å². The Kier molecular flexibility index (Phi) is 6.72. The highest BCUT2D eigenvalue weighted by atomic mass is 35.5. The summed E-state index contributed by atoms with van der Waals surface area (Å²) in [7, 11) is 0. The molecule has 0 spiro atoms. The van der Waals surface area contributed by atoms with Crippen molar-refractivity contribution in [1.82, 2.24) is 5.32 Å². The van der Waals surface area contributed by atoms with E-state index in [1.807, 2.05) is 47.4 Å². The molecule has 1 aliphatic heterocycles. The first-order chi connectivity index (χ1) is 18.9. The SMILES string of the molecule is CC(C)(C)c1ccc(N(C(=O)C2CC[C@H]3[C@@H]4CCC5NC(=O)C=C[C@]5(C)[C@@H]4CC[C@]23C)c2ccccc2)c(Cl)c1. The van der Waals surface area contributed by atoms with Gasteiger partial charge in [0.2, 0.25) is 11.8 Å². The van der Waals surface area contributed by atoms with Crippen LogP contribution < -0.4 is 10.2 Å². The lowest BCUT2D eigenvalue weighted by atomic mass is 9.48. The number of anilines is 2. The molecule has 0 bridgehead atoms. The lowest BCUT2D eigenvalue weighted by Gasteiger charge is -2.58. The van der Waals surface area contributed by atoms with E-state index < -0.39 is 0 Å². The van der Waals surface area contributed by atoms with Gasteiger partial charge in [0.05, 0.1) is 10.7 Å². The fraction of sp³-hybridized carbons (Fsp3) is 0.543. The largest absolute Gasteiger partial charge is 0.349 e. The Balaban J connectivity index is 1.33. The Hall–Kier alpha value is -2.59. The van der Waals surface area contributed by atoms with E-state index in [2.05, 4.69) is 52.1 Å². The van der Waals surface area contributed by atoms with Crippen LogP contribution in [0.2, 0.25) is 5.02 Å². The molecular formula is C35H43ClN2O2. The Morgan fingerprint density at radius 1 is 0.975 bits per heavy atom. The molecule has 2 unspecified atom stereocenters. The molecule has 4 nitrogen and oxygen atoms in total. The standard InChI is InChI=1S/C35H43ClN2O2/c1-33(2,3)22-11-15-29(28(36)21-22)38(23-9-7-6-8-10-23)32(40)27-14-13-25-24-12-16-30-35(5,20-18-31(39)37-30)26(24)17-19-34(25,27)4/h6-11,15,18,20-21,24-27,30H,12-14,16-17,19H2,1-5H3,(H,37,39)/t24-,25-,26+,27?,30?,34-,35+/m0/s1. The summed E-state index contributed by atoms with van der Waals surface area (Å²) in [4.78, 5) is 28.7. The van der Waals surface area contributed by atoms with E-state index in [-0.39, 0.29) is 40.0 Å². The summed E-state index contributed by atoms with van der Waals surface area (Å²) in [5.74, 6) is 1.80. The molecule has 40 heavy (non-hydrogen) atoms. The number of hydrogen-bond acceptors (Lipinski definition) is 2. The third-order valence-corrected chi connectivity index (χ3v) is 11.6. The molecule has 6 rings (SSSR count). The molecule has 4 aliphatic rings. The zero-order valence-electron chi connectivity index (χ0n) is 24.5. The number of rotatable bonds is 3. The van der Waals surface area contributed by atoms with E-state index >= 15 is 0 Å². The van der Waals surface area contributed by atoms with E-state index in [0.717, 1.165) is 55.5 Å². The first-order valence-corrected chi connectivity index (χ1v) is 15.5. The number of hydrogen-bond donors (Lipinski definition) is 1. The van der Waals surface area contributed by atoms with E-state index in [1.54, 1.807) is 6.08 Å². The summed E-state index contributed by atoms with van der Waals surface area (Å²) in [5, 5.41) is 3.87. The molecule has 2 amide bonds. The molecule has 212 valence electrons. The van der Waals surface area contributed by atoms with Crippen LogP contribution in [0.1, 0.15) is 78.7 Å². The van der Waals surface area contributed by atoms with Crippen molar-refractivity contribution in [3.05, 3.63) is 71.3 Å². The number of para-hydroxylation sites is 1. The Bertz CT molecular complexity index is 1350. The second-order valence-corrected chi connectivity index (χ2v) is 14.7. The van der Waals surface area contributed by atoms with Crippen LogP contribution in [0.25, 0.3) is 0 Å². The smallest absolute Gasteiger partial charge is 0.243 e. The number of nitrogens with zero attached hydrogens (tertiary/aromatic N) is 1. The minimum Gasteiger partial charge on any atom is -0.349 e. The van der Waals surface area contributed by atoms with Crippen LogP contribution in [0, 0.1) is 34.5 Å². The minimum atomic E-state index is -0.0517. The summed E-state index contributed by atoms with van der Waals surface area (Å²) in [6.07, 6.45) is 10.2. The monoisotopic (exact) mass is 558 g/mol. The van der Waals surface area contributed by atoms with Gasteiger partial charge in [0.1, 0.15) is 0 Å². The Morgan fingerprint density at radius 3 is 2.42 bits per heavy atom. The van der Waals surface area contributed by atoms with Gasteiger partial charge < -0.3 is 5.32 Å². The lowest BCUT2D eigenvalue weighted by Crippen LogP contribution is -2.59. The average Bonchev–Trinajstić information content (AvgIpc) is 3.27. The van der Waals surface area contributed by atoms with Gasteiger partial charge in [0.25, 0.3) is 0 Å². The Labute approximate surface area is 244 Å². The maximum absolute atomic E-state index is 14.7. The highest BCUT2D eigenvalue weighted by molar-refractivity contribution is 6.34. The van der Waals surface area contributed by atoms with Crippen LogP contribution in [-0.4, -0.2) is 17.9 Å². The Morgan fingerprint density at radius 2 is 1.73 bits per heavy atom. The molecule has 1 heterocycles. The van der Waals surface area contributed by atoms with E-state index in [9.17, 15) is 9.59 Å². The van der Waals surface area contributed by atoms with Gasteiger partial charge in [-0.25, -0.2) is 0 Å². The van der Waals surface area contributed by atoms with Crippen LogP contribution in [0.3, 0.4) is 0 Å². The summed E-state index contributed by atoms with van der Waals surface area (Å²) < 4.78 is 0. The molecule has 3 fully saturated rings. The zero-order valence-corrected chi connectivity index (χ0v) is 25.3. The zero-order chi connectivity index (χ0) is 28.4. The molecule has 0 saturated heterocycles. The molecule has 2 aromatic carbocycles. The molecule has 0 radical (unpaired) electrons. The normalized spacial score (nSPS) is 34.9. The summed E-state index contributed by atoms with van der Waals surface area (Å²) in [5.41, 5.74) is 2.72. The minimum absolute atomic E-state index is 0.00134. The van der Waals surface area contributed by atoms with Gasteiger partial charge in [-0.05, 0) is 103 Å². The van der Waals surface area contributed by atoms with Crippen LogP contribution >= 0.6 is 11.6 Å². The number of amides is 2. The lowest BCUT2D eigenvalue weighted by molar-refractivity contribution is -0.131. The van der Waals surface area contributed by atoms with Gasteiger partial charge in [-0.2, -0.15) is 0 Å². The van der Waals surface area contributed by atoms with Gasteiger partial charge >= 0.3 is 0 Å². The van der Waals surface area contributed by atoms with Crippen molar-refractivity contribution in [2.45, 2.75) is 84.6 Å². The van der Waals surface area contributed by atoms with Crippen LogP contribution in [0.5, 0.6) is 0 Å². The van der Waals surface area contributed by atoms with Gasteiger partial charge in [-0.15, -0.1) is 0 Å². The van der Waals surface area contributed by atoms with Crippen molar-refractivity contribution in [3.63, 3.8) is 0 Å². The molecule has 5 heteroatoms. The summed E-state index contributed by atoms with van der Waals surface area (Å²) in [6, 6.07) is 16.4. The first kappa shape index (κ1) is 27.6. The maximum atomic E-state index is 14.7. The highest BCUT2D eigenvalue weighted by Crippen LogP contribution is 2.65. The fourth-order valence-corrected chi connectivity index (χ4v) is 9.28. The van der Waals surface area contributed by atoms with Crippen molar-refractivity contribution in [2.24, 2.45) is 34.5 Å². The predicted molar refractivity (Wildman–Crippen MR) is 163 cm³/mol. The molecule has 7 atom stereocenters. The van der Waals surface area contributed by atoms with Crippen molar-refractivity contribution >= 4 is 34.8 Å². The second kappa shape index (κ2) is 9.76. The average molecular weight is 559 g/mol. The van der Waals surface area contributed by atoms with E-state index in [1.165, 1.54) is 0 Å². The third-order valence-electron chi connectivity index (χ3n) is 11.3. The van der Waals surface area contributed by atoms with Crippen LogP contribution in [-0.2, 0) is 15.0 Å². The van der Waals surface area contributed by atoms with Crippen LogP contribution in [0.4, 0.5) is 11.4 Å². The number of fused-ring (bicyclic) bond motifs is 5. The highest BCUT2D eigenvalue weighted by Gasteiger charge is 2.61. The number of benzene rings is 2. The molecule has 0 aromatic heterocycles. The number of nitrogens with one attached hydrogen (secondary N) is 1. The fourth-order valence-electron chi connectivity index (χ4n) is 9.01. The van der Waals surface area contributed by atoms with Gasteiger partial charge in [-0.3, -0.25) is 14.5 Å². The molecule has 1 N–H and O–H groups in total. The van der Waals surface area contributed by atoms with Crippen LogP contribution in [0.15, 0.2) is 60.7 Å². The predicted octanol–water partition coefficient (Wildman–Crippen LogP) is 8.22. The molecular weight excluding hydrogens is 516 g/mol. The summed E-state index contributed by atoms with van der Waals surface area (Å²) in [6.45, 7) is 11.3. The van der Waals surface area contributed by atoms with Gasteiger partial charge in [0.15, 0.2) is 0 Å². The van der Waals surface area contributed by atoms with E-state index in [0.29, 0.717) is 22.8 Å². The van der Waals surface area contributed by atoms with Crippen molar-refractivity contribution in [3.8, 4) is 0 Å². The van der Waals surface area contributed by atoms with Crippen molar-refractivity contribution in [2.75, 3.05) is 4.90 Å². The van der Waals surface area contributed by atoms with Crippen molar-refractivity contribution < 1.29 is 9.59 Å². The molecule has 3 saturated carbocycles. The molecule has 2 aromatic rings. The molecule has 3 aliphatic carbocycles. The third kappa shape index (κ3) is 4.33. The number of carbonyl (C=O) groups is 2. The number of halogens is 1. The maximum Gasteiger partial charge on any atom is 0.243 e. The summed E-state index contributed by atoms with van der Waals surface area (Å²) >= 11 is 6.95. The van der Waals surface area contributed by atoms with Gasteiger partial charge in [-0.1, -0.05) is 76.6 Å². The number of carbonyl (C=O) groups excluding carboxylic acids is 2. The van der Waals surface area contributed by atoms with E-state index in [4.69, 9.17) is 11.6 Å². The first-order valence-electron chi connectivity index (χ1n) is 15.1. The van der Waals surface area contributed by atoms with Crippen molar-refractivity contribution in [1.29, 1.82) is 0 Å². The quantitative estimate of drug-likeness (QED) is 0.412. The topological polar surface area (TPSA) is 49.4 Å².